The van der Waals surface area contributed by atoms with Gasteiger partial charge in [-0.25, -0.2) is 19.2 Å². The molecule has 0 radical (unpaired) electrons. The Balaban J connectivity index is 1.44. The Hall–Kier alpha value is -6.46. The molecule has 1 heterocycles. The van der Waals surface area contributed by atoms with E-state index in [1.807, 2.05) is 0 Å². The van der Waals surface area contributed by atoms with Gasteiger partial charge in [0.25, 0.3) is 5.79 Å². The van der Waals surface area contributed by atoms with Crippen molar-refractivity contribution in [3.05, 3.63) is 168 Å². The smallest absolute Gasteiger partial charge is 0.338 e. The number of carbonyl (C=O) groups excluding carboxylic acids is 4. The lowest BCUT2D eigenvalue weighted by molar-refractivity contribution is -0.315. The highest BCUT2D eigenvalue weighted by molar-refractivity contribution is 5.91. The van der Waals surface area contributed by atoms with Crippen molar-refractivity contribution >= 4 is 23.9 Å². The van der Waals surface area contributed by atoms with Gasteiger partial charge in [-0.2, -0.15) is 0 Å². The van der Waals surface area contributed by atoms with Crippen LogP contribution in [0.1, 0.15) is 41.4 Å². The van der Waals surface area contributed by atoms with Gasteiger partial charge in [0.15, 0.2) is 18.8 Å². The third-order valence-electron chi connectivity index (χ3n) is 8.12. The first-order valence-corrected chi connectivity index (χ1v) is 16.3. The van der Waals surface area contributed by atoms with E-state index in [2.05, 4.69) is 0 Å². The zero-order valence-electron chi connectivity index (χ0n) is 28.0. The van der Waals surface area contributed by atoms with Gasteiger partial charge < -0.3 is 33.2 Å². The number of hydrogen-bond acceptors (Lipinski definition) is 11. The van der Waals surface area contributed by atoms with Crippen LogP contribution in [0.4, 0.5) is 0 Å². The lowest BCUT2D eigenvalue weighted by atomic mass is 9.95. The van der Waals surface area contributed by atoms with Crippen molar-refractivity contribution in [3.8, 4) is 11.5 Å². The first-order valence-electron chi connectivity index (χ1n) is 16.3. The lowest BCUT2D eigenvalue weighted by Crippen LogP contribution is -2.68. The molecule has 4 atom stereocenters. The van der Waals surface area contributed by atoms with Gasteiger partial charge in [-0.15, -0.1) is 0 Å². The van der Waals surface area contributed by atoms with Crippen LogP contribution in [0.15, 0.2) is 146 Å². The Kier molecular flexibility index (Phi) is 11.2. The van der Waals surface area contributed by atoms with Gasteiger partial charge in [-0.1, -0.05) is 72.8 Å². The number of hydrogen-bond donors (Lipinski definition) is 0. The van der Waals surface area contributed by atoms with Crippen molar-refractivity contribution in [3.63, 3.8) is 0 Å². The van der Waals surface area contributed by atoms with Crippen molar-refractivity contribution in [1.29, 1.82) is 0 Å². The summed E-state index contributed by atoms with van der Waals surface area (Å²) in [6.45, 7) is -1.08. The minimum atomic E-state index is -2.15. The average Bonchev–Trinajstić information content (AvgIpc) is 3.20. The second-order valence-corrected chi connectivity index (χ2v) is 11.6. The van der Waals surface area contributed by atoms with Gasteiger partial charge in [-0.3, -0.25) is 0 Å². The van der Waals surface area contributed by atoms with E-state index in [4.69, 9.17) is 33.2 Å². The third kappa shape index (κ3) is 8.45. The van der Waals surface area contributed by atoms with Gasteiger partial charge in [0.1, 0.15) is 11.5 Å². The van der Waals surface area contributed by atoms with Gasteiger partial charge in [-0.05, 0) is 72.8 Å². The molecule has 0 aliphatic carbocycles. The van der Waals surface area contributed by atoms with E-state index in [-0.39, 0.29) is 28.0 Å². The summed E-state index contributed by atoms with van der Waals surface area (Å²) in [4.78, 5) is 54.3. The van der Waals surface area contributed by atoms with E-state index in [1.54, 1.807) is 133 Å². The molecule has 1 aliphatic heterocycles. The number of carbonyl (C=O) groups is 4. The van der Waals surface area contributed by atoms with E-state index < -0.39 is 61.2 Å². The van der Waals surface area contributed by atoms with Crippen LogP contribution in [-0.2, 0) is 23.7 Å². The number of benzene rings is 5. The Labute approximate surface area is 299 Å². The summed E-state index contributed by atoms with van der Waals surface area (Å²) < 4.78 is 42.0. The minimum absolute atomic E-state index is 0.152. The van der Waals surface area contributed by atoms with Crippen LogP contribution in [-0.4, -0.2) is 68.3 Å². The average molecular weight is 703 g/mol. The molecule has 5 aromatic rings. The summed E-state index contributed by atoms with van der Waals surface area (Å²) in [6, 6.07) is 39.0. The summed E-state index contributed by atoms with van der Waals surface area (Å²) in [5.41, 5.74) is 0.778. The standard InChI is InChI=1S/C41H34O11/c1-46-32-22-24-33(25-23-32)52-41(27-47-37(42)28-14-6-2-7-15-28)36(51-40(45)31-20-12-5-13-21-31)35(50-39(44)30-18-10-4-11-19-30)34(26-48-41)49-38(43)29-16-8-3-9-17-29/h2-25,34-36H,26-27H2,1H3/t34-,35-,36+,41+/m1/s1. The Morgan fingerprint density at radius 2 is 0.981 bits per heavy atom. The Morgan fingerprint density at radius 3 is 1.46 bits per heavy atom. The molecular weight excluding hydrogens is 668 g/mol. The third-order valence-corrected chi connectivity index (χ3v) is 8.12. The highest BCUT2D eigenvalue weighted by Gasteiger charge is 2.60. The highest BCUT2D eigenvalue weighted by atomic mass is 16.8. The molecule has 0 saturated carbocycles. The van der Waals surface area contributed by atoms with E-state index in [0.29, 0.717) is 5.75 Å². The van der Waals surface area contributed by atoms with Crippen molar-refractivity contribution in [2.45, 2.75) is 24.1 Å². The number of ether oxygens (including phenoxy) is 7. The van der Waals surface area contributed by atoms with Gasteiger partial charge in [0.05, 0.1) is 36.0 Å². The number of esters is 4. The number of rotatable bonds is 12. The van der Waals surface area contributed by atoms with Crippen LogP contribution in [0, 0.1) is 0 Å². The zero-order valence-corrected chi connectivity index (χ0v) is 28.0. The predicted octanol–water partition coefficient (Wildman–Crippen LogP) is 6.33. The minimum Gasteiger partial charge on any atom is -0.497 e. The molecule has 264 valence electrons. The van der Waals surface area contributed by atoms with E-state index in [9.17, 15) is 19.2 Å². The molecular formula is C41H34O11. The Morgan fingerprint density at radius 1 is 0.558 bits per heavy atom. The molecule has 0 N–H and O–H groups in total. The molecule has 11 nitrogen and oxygen atoms in total. The molecule has 0 aromatic heterocycles. The summed E-state index contributed by atoms with van der Waals surface area (Å²) in [5.74, 6) is -4.56. The van der Waals surface area contributed by atoms with Crippen LogP contribution >= 0.6 is 0 Å². The summed E-state index contributed by atoms with van der Waals surface area (Å²) in [5, 5.41) is 0. The van der Waals surface area contributed by atoms with E-state index in [0.717, 1.165) is 0 Å². The van der Waals surface area contributed by atoms with Crippen LogP contribution < -0.4 is 9.47 Å². The van der Waals surface area contributed by atoms with Crippen LogP contribution in [0.25, 0.3) is 0 Å². The predicted molar refractivity (Wildman–Crippen MR) is 186 cm³/mol. The lowest BCUT2D eigenvalue weighted by Gasteiger charge is -2.47. The summed E-state index contributed by atoms with van der Waals surface area (Å²) >= 11 is 0. The van der Waals surface area contributed by atoms with E-state index >= 15 is 0 Å². The van der Waals surface area contributed by atoms with Gasteiger partial charge >= 0.3 is 23.9 Å². The molecule has 0 spiro atoms. The monoisotopic (exact) mass is 702 g/mol. The summed E-state index contributed by atoms with van der Waals surface area (Å²) in [6.07, 6.45) is -4.57. The maximum Gasteiger partial charge on any atom is 0.338 e. The van der Waals surface area contributed by atoms with Crippen molar-refractivity contribution in [1.82, 2.24) is 0 Å². The molecule has 0 amide bonds. The normalized spacial score (nSPS) is 19.4. The zero-order chi connectivity index (χ0) is 36.3. The highest BCUT2D eigenvalue weighted by Crippen LogP contribution is 2.37. The van der Waals surface area contributed by atoms with Crippen LogP contribution in [0.2, 0.25) is 0 Å². The maximum atomic E-state index is 13.8. The van der Waals surface area contributed by atoms with Crippen molar-refractivity contribution < 1.29 is 52.3 Å². The van der Waals surface area contributed by atoms with Crippen molar-refractivity contribution in [2.24, 2.45) is 0 Å². The van der Waals surface area contributed by atoms with Gasteiger partial charge in [0.2, 0.25) is 6.10 Å². The second-order valence-electron chi connectivity index (χ2n) is 11.6. The number of methoxy groups -OCH3 is 1. The molecule has 1 aliphatic rings. The van der Waals surface area contributed by atoms with Gasteiger partial charge in [0, 0.05) is 0 Å². The fraction of sp³-hybridized carbons (Fsp3) is 0.171. The molecule has 0 bridgehead atoms. The molecule has 0 unspecified atom stereocenters. The SMILES string of the molecule is COc1ccc(O[C@]2(COC(=O)c3ccccc3)OC[C@@H](OC(=O)c3ccccc3)[C@@H](OC(=O)c3ccccc3)[C@@H]2OC(=O)c2ccccc2)cc1. The molecule has 52 heavy (non-hydrogen) atoms. The second kappa shape index (κ2) is 16.5. The quantitative estimate of drug-likeness (QED) is 0.107. The molecule has 1 fully saturated rings. The van der Waals surface area contributed by atoms with Crippen LogP contribution in [0.5, 0.6) is 11.5 Å². The molecule has 5 aromatic carbocycles. The van der Waals surface area contributed by atoms with Crippen LogP contribution in [0.3, 0.4) is 0 Å². The molecule has 6 rings (SSSR count). The fourth-order valence-corrected chi connectivity index (χ4v) is 5.45. The topological polar surface area (TPSA) is 133 Å². The van der Waals surface area contributed by atoms with E-state index in [1.165, 1.54) is 19.2 Å². The van der Waals surface area contributed by atoms with Crippen molar-refractivity contribution in [2.75, 3.05) is 20.3 Å². The summed E-state index contributed by atoms with van der Waals surface area (Å²) in [7, 11) is 1.51. The molecule has 11 heteroatoms. The largest absolute Gasteiger partial charge is 0.497 e. The first-order chi connectivity index (χ1) is 25.3. The Bertz CT molecular complexity index is 1950. The first kappa shape index (κ1) is 35.4. The fourth-order valence-electron chi connectivity index (χ4n) is 5.45. The molecule has 1 saturated heterocycles. The maximum absolute atomic E-state index is 13.8.